The molecule has 0 saturated heterocycles. The van der Waals surface area contributed by atoms with Crippen molar-refractivity contribution in [1.82, 2.24) is 9.97 Å². The molecule has 8 heteroatoms. The van der Waals surface area contributed by atoms with Crippen molar-refractivity contribution < 1.29 is 14.3 Å². The van der Waals surface area contributed by atoms with Crippen LogP contribution < -0.4 is 20.1 Å². The number of aromatic nitrogens is 2. The molecule has 0 bridgehead atoms. The molecule has 1 heterocycles. The molecule has 0 aliphatic carbocycles. The number of nitriles is 1. The Morgan fingerprint density at radius 2 is 1.83 bits per heavy atom. The van der Waals surface area contributed by atoms with E-state index in [1.165, 1.54) is 13.2 Å². The normalized spacial score (nSPS) is 10.0. The van der Waals surface area contributed by atoms with E-state index in [4.69, 9.17) is 9.47 Å². The number of carbonyl (C=O) groups is 1. The van der Waals surface area contributed by atoms with Crippen molar-refractivity contribution in [3.05, 3.63) is 65.6 Å². The van der Waals surface area contributed by atoms with Gasteiger partial charge in [-0.05, 0) is 31.2 Å². The predicted molar refractivity (Wildman–Crippen MR) is 109 cm³/mol. The molecule has 0 aliphatic heterocycles. The summed E-state index contributed by atoms with van der Waals surface area (Å²) in [6.07, 6.45) is 0. The summed E-state index contributed by atoms with van der Waals surface area (Å²) < 4.78 is 10.5. The van der Waals surface area contributed by atoms with Crippen molar-refractivity contribution in [2.24, 2.45) is 0 Å². The molecule has 8 nitrogen and oxygen atoms in total. The first-order valence-electron chi connectivity index (χ1n) is 8.69. The predicted octanol–water partition coefficient (Wildman–Crippen LogP) is 3.67. The number of hydrogen-bond donors (Lipinski definition) is 2. The number of anilines is 3. The first kappa shape index (κ1) is 19.6. The van der Waals surface area contributed by atoms with Crippen molar-refractivity contribution >= 4 is 23.1 Å². The lowest BCUT2D eigenvalue weighted by Gasteiger charge is -2.12. The minimum Gasteiger partial charge on any atom is -0.497 e. The first-order chi connectivity index (χ1) is 14.0. The summed E-state index contributed by atoms with van der Waals surface area (Å²) in [6, 6.07) is 15.7. The summed E-state index contributed by atoms with van der Waals surface area (Å²) in [6.45, 7) is 1.69. The summed E-state index contributed by atoms with van der Waals surface area (Å²) >= 11 is 0. The van der Waals surface area contributed by atoms with Crippen LogP contribution in [0.5, 0.6) is 11.5 Å². The van der Waals surface area contributed by atoms with Gasteiger partial charge in [0.15, 0.2) is 0 Å². The number of nitrogens with zero attached hydrogens (tertiary/aromatic N) is 3. The molecule has 3 rings (SSSR count). The molecule has 1 amide bonds. The molecular weight excluding hydrogens is 370 g/mol. The number of ether oxygens (including phenoxy) is 2. The Morgan fingerprint density at radius 3 is 2.55 bits per heavy atom. The highest BCUT2D eigenvalue weighted by atomic mass is 16.5. The topological polar surface area (TPSA) is 109 Å². The Morgan fingerprint density at radius 1 is 1.03 bits per heavy atom. The van der Waals surface area contributed by atoms with Crippen molar-refractivity contribution in [3.63, 3.8) is 0 Å². The maximum atomic E-state index is 12.7. The molecule has 2 N–H and O–H groups in total. The maximum absolute atomic E-state index is 12.7. The lowest BCUT2D eigenvalue weighted by molar-refractivity contribution is 0.102. The molecule has 0 unspecified atom stereocenters. The fraction of sp³-hybridized carbons (Fsp3) is 0.143. The van der Waals surface area contributed by atoms with E-state index in [-0.39, 0.29) is 5.69 Å². The number of rotatable bonds is 6. The van der Waals surface area contributed by atoms with Gasteiger partial charge in [-0.1, -0.05) is 12.1 Å². The zero-order chi connectivity index (χ0) is 20.8. The number of amides is 1. The number of nitrogens with one attached hydrogen (secondary N) is 2. The number of aryl methyl sites for hydroxylation is 1. The summed E-state index contributed by atoms with van der Waals surface area (Å²) in [4.78, 5) is 21.3. The van der Waals surface area contributed by atoms with Crippen molar-refractivity contribution in [3.8, 4) is 17.6 Å². The van der Waals surface area contributed by atoms with E-state index in [0.29, 0.717) is 40.1 Å². The van der Waals surface area contributed by atoms with E-state index in [0.717, 1.165) is 0 Å². The zero-order valence-corrected chi connectivity index (χ0v) is 16.2. The number of para-hydroxylation sites is 1. The second-order valence-corrected chi connectivity index (χ2v) is 5.99. The Kier molecular flexibility index (Phi) is 5.90. The molecule has 1 aromatic heterocycles. The van der Waals surface area contributed by atoms with Gasteiger partial charge in [-0.2, -0.15) is 5.26 Å². The summed E-state index contributed by atoms with van der Waals surface area (Å²) in [7, 11) is 3.06. The van der Waals surface area contributed by atoms with Gasteiger partial charge in [-0.25, -0.2) is 9.97 Å². The Balaban J connectivity index is 1.86. The highest BCUT2D eigenvalue weighted by Gasteiger charge is 2.14. The Hall–Kier alpha value is -4.12. The SMILES string of the molecule is COc1ccc(NC(=O)c2cc(Nc3ccccc3C#N)nc(C)n2)c(OC)c1. The number of benzene rings is 2. The van der Waals surface area contributed by atoms with Crippen LogP contribution in [0, 0.1) is 18.3 Å². The quantitative estimate of drug-likeness (QED) is 0.662. The number of carbonyl (C=O) groups excluding carboxylic acids is 1. The van der Waals surface area contributed by atoms with Gasteiger partial charge in [0, 0.05) is 12.1 Å². The Bertz CT molecular complexity index is 1090. The van der Waals surface area contributed by atoms with Gasteiger partial charge in [0.25, 0.3) is 5.91 Å². The van der Waals surface area contributed by atoms with Gasteiger partial charge in [0.1, 0.15) is 34.9 Å². The molecule has 0 fully saturated rings. The summed E-state index contributed by atoms with van der Waals surface area (Å²) in [5.41, 5.74) is 1.72. The summed E-state index contributed by atoms with van der Waals surface area (Å²) in [5, 5.41) is 15.1. The van der Waals surface area contributed by atoms with Crippen molar-refractivity contribution in [1.29, 1.82) is 5.26 Å². The zero-order valence-electron chi connectivity index (χ0n) is 16.2. The molecule has 146 valence electrons. The van der Waals surface area contributed by atoms with Crippen molar-refractivity contribution in [2.75, 3.05) is 24.9 Å². The molecule has 0 saturated carbocycles. The minimum atomic E-state index is -0.421. The number of hydrogen-bond acceptors (Lipinski definition) is 7. The standard InChI is InChI=1S/C21H19N5O3/c1-13-23-18(11-20(24-13)25-16-7-5-4-6-14(16)12-22)21(27)26-17-9-8-15(28-2)10-19(17)29-3/h4-11H,1-3H3,(H,26,27)(H,23,24,25). The fourth-order valence-corrected chi connectivity index (χ4v) is 2.66. The third-order valence-corrected chi connectivity index (χ3v) is 4.04. The largest absolute Gasteiger partial charge is 0.497 e. The van der Waals surface area contributed by atoms with Crippen LogP contribution in [0.4, 0.5) is 17.2 Å². The lowest BCUT2D eigenvalue weighted by Crippen LogP contribution is -2.16. The Labute approximate surface area is 168 Å². The van der Waals surface area contributed by atoms with Crippen LogP contribution in [0.1, 0.15) is 21.9 Å². The second kappa shape index (κ2) is 8.71. The van der Waals surface area contributed by atoms with Crippen molar-refractivity contribution in [2.45, 2.75) is 6.92 Å². The molecule has 0 atom stereocenters. The second-order valence-electron chi connectivity index (χ2n) is 5.99. The highest BCUT2D eigenvalue weighted by Crippen LogP contribution is 2.29. The van der Waals surface area contributed by atoms with Crippen LogP contribution in [-0.4, -0.2) is 30.1 Å². The van der Waals surface area contributed by atoms with E-state index < -0.39 is 5.91 Å². The molecule has 29 heavy (non-hydrogen) atoms. The lowest BCUT2D eigenvalue weighted by atomic mass is 10.2. The first-order valence-corrected chi connectivity index (χ1v) is 8.69. The van der Waals surface area contributed by atoms with E-state index in [1.54, 1.807) is 56.5 Å². The molecule has 0 aliphatic rings. The minimum absolute atomic E-state index is 0.173. The third-order valence-electron chi connectivity index (χ3n) is 4.04. The molecule has 0 spiro atoms. The van der Waals surface area contributed by atoms with Crippen LogP contribution in [-0.2, 0) is 0 Å². The monoisotopic (exact) mass is 389 g/mol. The van der Waals surface area contributed by atoms with Crippen LogP contribution in [0.3, 0.4) is 0 Å². The van der Waals surface area contributed by atoms with Crippen LogP contribution >= 0.6 is 0 Å². The molecule has 3 aromatic rings. The van der Waals surface area contributed by atoms with E-state index in [9.17, 15) is 10.1 Å². The molecular formula is C21H19N5O3. The van der Waals surface area contributed by atoms with Gasteiger partial charge < -0.3 is 20.1 Å². The van der Waals surface area contributed by atoms with Gasteiger partial charge >= 0.3 is 0 Å². The van der Waals surface area contributed by atoms with E-state index in [1.807, 2.05) is 0 Å². The fourth-order valence-electron chi connectivity index (χ4n) is 2.66. The van der Waals surface area contributed by atoms with Crippen LogP contribution in [0.2, 0.25) is 0 Å². The molecule has 0 radical (unpaired) electrons. The summed E-state index contributed by atoms with van der Waals surface area (Å²) in [5.74, 6) is 1.48. The van der Waals surface area contributed by atoms with Gasteiger partial charge in [0.05, 0.1) is 31.2 Å². The number of methoxy groups -OCH3 is 2. The highest BCUT2D eigenvalue weighted by molar-refractivity contribution is 6.04. The van der Waals surface area contributed by atoms with E-state index >= 15 is 0 Å². The van der Waals surface area contributed by atoms with E-state index in [2.05, 4.69) is 26.7 Å². The average Bonchev–Trinajstić information content (AvgIpc) is 2.74. The van der Waals surface area contributed by atoms with Gasteiger partial charge in [0.2, 0.25) is 0 Å². The van der Waals surface area contributed by atoms with Gasteiger partial charge in [-0.15, -0.1) is 0 Å². The smallest absolute Gasteiger partial charge is 0.274 e. The molecule has 2 aromatic carbocycles. The average molecular weight is 389 g/mol. The third kappa shape index (κ3) is 4.59. The van der Waals surface area contributed by atoms with Gasteiger partial charge in [-0.3, -0.25) is 4.79 Å². The maximum Gasteiger partial charge on any atom is 0.274 e. The van der Waals surface area contributed by atoms with Crippen LogP contribution in [0.15, 0.2) is 48.5 Å². The van der Waals surface area contributed by atoms with Crippen LogP contribution in [0.25, 0.3) is 0 Å².